The Kier molecular flexibility index (Phi) is 5.16. The van der Waals surface area contributed by atoms with Crippen LogP contribution in [0.1, 0.15) is 12.8 Å². The number of carbonyl (C=O) groups excluding carboxylic acids is 2. The van der Waals surface area contributed by atoms with E-state index in [0.29, 0.717) is 0 Å². The molecule has 0 bridgehead atoms. The third kappa shape index (κ3) is 7.56. The first kappa shape index (κ1) is 10.7. The molecule has 0 aromatic heterocycles. The molecule has 0 aromatic rings. The van der Waals surface area contributed by atoms with Gasteiger partial charge in [0, 0.05) is 5.92 Å². The molecule has 1 fully saturated rings. The van der Waals surface area contributed by atoms with E-state index in [0.717, 1.165) is 18.9 Å². The Labute approximate surface area is 75.2 Å². The maximum absolute atomic E-state index is 9.97. The van der Waals surface area contributed by atoms with Crippen LogP contribution in [0.2, 0.25) is 0 Å². The molecule has 1 aliphatic rings. The quantitative estimate of drug-likeness (QED) is 0.499. The topological polar surface area (TPSA) is 34.1 Å². The summed E-state index contributed by atoms with van der Waals surface area (Å²) in [5, 5.41) is -0.667. The molecule has 11 heavy (non-hydrogen) atoms. The summed E-state index contributed by atoms with van der Waals surface area (Å²) in [6, 6.07) is 0. The van der Waals surface area contributed by atoms with E-state index in [9.17, 15) is 9.59 Å². The van der Waals surface area contributed by atoms with E-state index in [2.05, 4.69) is 6.58 Å². The fourth-order valence-electron chi connectivity index (χ4n) is 0.310. The van der Waals surface area contributed by atoms with Gasteiger partial charge in [-0.25, -0.2) is 0 Å². The van der Waals surface area contributed by atoms with Crippen molar-refractivity contribution in [3.63, 3.8) is 0 Å². The molecular formula is C7H8Cl2O2. The molecule has 4 heteroatoms. The van der Waals surface area contributed by atoms with Crippen LogP contribution in [0.5, 0.6) is 0 Å². The fraction of sp³-hybridized carbons (Fsp3) is 0.429. The third-order valence-corrected chi connectivity index (χ3v) is 1.52. The van der Waals surface area contributed by atoms with Crippen LogP contribution in [0.25, 0.3) is 0 Å². The molecule has 0 N–H and O–H groups in total. The number of rotatable bonds is 2. The second kappa shape index (κ2) is 5.33. The normalized spacial score (nSPS) is 14.4. The van der Waals surface area contributed by atoms with Gasteiger partial charge in [0.25, 0.3) is 0 Å². The van der Waals surface area contributed by atoms with Gasteiger partial charge in [0.15, 0.2) is 0 Å². The second-order valence-electron chi connectivity index (χ2n) is 2.09. The summed E-state index contributed by atoms with van der Waals surface area (Å²) < 4.78 is 0. The Morgan fingerprint density at radius 3 is 1.73 bits per heavy atom. The van der Waals surface area contributed by atoms with Crippen molar-refractivity contribution in [1.82, 2.24) is 0 Å². The Hall–Kier alpha value is -0.340. The maximum Gasteiger partial charge on any atom is 0.244 e. The van der Waals surface area contributed by atoms with Crippen molar-refractivity contribution in [3.05, 3.63) is 12.7 Å². The second-order valence-corrected chi connectivity index (χ2v) is 2.83. The highest BCUT2D eigenvalue weighted by Crippen LogP contribution is 2.30. The highest BCUT2D eigenvalue weighted by molar-refractivity contribution is 6.66. The monoisotopic (exact) mass is 194 g/mol. The van der Waals surface area contributed by atoms with Crippen molar-refractivity contribution in [1.29, 1.82) is 0 Å². The predicted molar refractivity (Wildman–Crippen MR) is 44.6 cm³/mol. The number of hydrogen-bond acceptors (Lipinski definition) is 2. The molecule has 0 radical (unpaired) electrons. The largest absolute Gasteiger partial charge is 0.281 e. The molecule has 0 spiro atoms. The molecule has 0 saturated heterocycles. The number of halogens is 2. The lowest BCUT2D eigenvalue weighted by Gasteiger charge is -1.72. The molecule has 0 unspecified atom stereocenters. The predicted octanol–water partition coefficient (Wildman–Crippen LogP) is 2.10. The van der Waals surface area contributed by atoms with Crippen molar-refractivity contribution < 1.29 is 9.59 Å². The minimum absolute atomic E-state index is 0.157. The van der Waals surface area contributed by atoms with Crippen LogP contribution in [0.3, 0.4) is 0 Å². The Bertz CT molecular complexity index is 173. The van der Waals surface area contributed by atoms with Gasteiger partial charge in [0.2, 0.25) is 10.5 Å². The average molecular weight is 195 g/mol. The summed E-state index contributed by atoms with van der Waals surface area (Å²) in [7, 11) is 0. The van der Waals surface area contributed by atoms with E-state index in [1.807, 2.05) is 0 Å². The molecule has 1 rings (SSSR count). The molecule has 1 saturated carbocycles. The maximum atomic E-state index is 9.97. The molecule has 62 valence electrons. The first-order valence-corrected chi connectivity index (χ1v) is 3.84. The molecule has 0 heterocycles. The lowest BCUT2D eigenvalue weighted by atomic mass is 10.5. The lowest BCUT2D eigenvalue weighted by molar-refractivity contribution is -0.112. The summed E-state index contributed by atoms with van der Waals surface area (Å²) in [6.07, 6.45) is 3.08. The van der Waals surface area contributed by atoms with Gasteiger partial charge in [0.1, 0.15) is 0 Å². The van der Waals surface area contributed by atoms with Crippen molar-refractivity contribution >= 4 is 33.7 Å². The van der Waals surface area contributed by atoms with E-state index in [-0.39, 0.29) is 11.2 Å². The van der Waals surface area contributed by atoms with Gasteiger partial charge in [-0.1, -0.05) is 6.58 Å². The molecule has 1 aliphatic carbocycles. The first-order chi connectivity index (χ1) is 5.07. The van der Waals surface area contributed by atoms with Gasteiger partial charge in [0.05, 0.1) is 0 Å². The van der Waals surface area contributed by atoms with Crippen LogP contribution in [-0.2, 0) is 9.59 Å². The number of hydrogen-bond donors (Lipinski definition) is 0. The lowest BCUT2D eigenvalue weighted by Crippen LogP contribution is -1.83. The van der Waals surface area contributed by atoms with Crippen molar-refractivity contribution in [2.75, 3.05) is 0 Å². The van der Waals surface area contributed by atoms with Crippen LogP contribution in [0.15, 0.2) is 12.7 Å². The molecule has 0 atom stereocenters. The smallest absolute Gasteiger partial charge is 0.244 e. The first-order valence-electron chi connectivity index (χ1n) is 3.09. The summed E-state index contributed by atoms with van der Waals surface area (Å²) in [4.78, 5) is 19.4. The van der Waals surface area contributed by atoms with E-state index in [4.69, 9.17) is 23.2 Å². The molecule has 2 nitrogen and oxygen atoms in total. The summed E-state index contributed by atoms with van der Waals surface area (Å²) in [5.74, 6) is 0.228. The minimum atomic E-state index is -0.509. The molecule has 0 aliphatic heterocycles. The fourth-order valence-corrected chi connectivity index (χ4v) is 0.529. The van der Waals surface area contributed by atoms with Gasteiger partial charge < -0.3 is 0 Å². The average Bonchev–Trinajstić information content (AvgIpc) is 2.69. The van der Waals surface area contributed by atoms with Crippen LogP contribution >= 0.6 is 23.2 Å². The highest BCUT2D eigenvalue weighted by atomic mass is 35.5. The van der Waals surface area contributed by atoms with Crippen molar-refractivity contribution in [2.24, 2.45) is 5.92 Å². The van der Waals surface area contributed by atoms with E-state index < -0.39 is 5.24 Å². The van der Waals surface area contributed by atoms with E-state index in [1.165, 1.54) is 0 Å². The van der Waals surface area contributed by atoms with Crippen LogP contribution in [-0.4, -0.2) is 10.5 Å². The zero-order valence-electron chi connectivity index (χ0n) is 5.85. The summed E-state index contributed by atoms with van der Waals surface area (Å²) in [6.45, 7) is 3.08. The van der Waals surface area contributed by atoms with Crippen LogP contribution in [0.4, 0.5) is 0 Å². The third-order valence-electron chi connectivity index (χ3n) is 1.06. The SMILES string of the molecule is C=CC(=O)Cl.O=C(Cl)C1CC1. The molecule has 0 amide bonds. The van der Waals surface area contributed by atoms with Crippen molar-refractivity contribution in [2.45, 2.75) is 12.8 Å². The van der Waals surface area contributed by atoms with E-state index >= 15 is 0 Å². The Morgan fingerprint density at radius 1 is 1.36 bits per heavy atom. The van der Waals surface area contributed by atoms with Crippen LogP contribution < -0.4 is 0 Å². The van der Waals surface area contributed by atoms with E-state index in [1.54, 1.807) is 0 Å². The highest BCUT2D eigenvalue weighted by Gasteiger charge is 2.27. The summed E-state index contributed by atoms with van der Waals surface area (Å²) >= 11 is 9.74. The van der Waals surface area contributed by atoms with Gasteiger partial charge >= 0.3 is 0 Å². The standard InChI is InChI=1S/C4H5ClO.C3H3ClO/c5-4(6)3-1-2-3;1-2-3(4)5/h3H,1-2H2;2H,1H2. The zero-order valence-corrected chi connectivity index (χ0v) is 7.36. The Balaban J connectivity index is 0.000000187. The minimum Gasteiger partial charge on any atom is -0.281 e. The molecule has 0 aromatic carbocycles. The zero-order chi connectivity index (χ0) is 8.85. The van der Waals surface area contributed by atoms with Gasteiger partial charge in [-0.3, -0.25) is 9.59 Å². The number of carbonyl (C=O) groups is 2. The van der Waals surface area contributed by atoms with Crippen molar-refractivity contribution in [3.8, 4) is 0 Å². The van der Waals surface area contributed by atoms with Gasteiger partial charge in [-0.2, -0.15) is 0 Å². The Morgan fingerprint density at radius 2 is 1.73 bits per heavy atom. The summed E-state index contributed by atoms with van der Waals surface area (Å²) in [5.41, 5.74) is 0. The molecular weight excluding hydrogens is 187 g/mol. The number of allylic oxidation sites excluding steroid dienone is 1. The van der Waals surface area contributed by atoms with Gasteiger partial charge in [-0.05, 0) is 42.1 Å². The van der Waals surface area contributed by atoms with Crippen LogP contribution in [0, 0.1) is 5.92 Å². The van der Waals surface area contributed by atoms with Gasteiger partial charge in [-0.15, -0.1) is 0 Å².